The number of nitrogens with zero attached hydrogens (tertiary/aromatic N) is 2. The Labute approximate surface area is 111 Å². The van der Waals surface area contributed by atoms with Crippen LogP contribution >= 0.6 is 11.3 Å². The lowest BCUT2D eigenvalue weighted by Crippen LogP contribution is -2.17. The van der Waals surface area contributed by atoms with Gasteiger partial charge in [-0.15, -0.1) is 0 Å². The number of carbonyl (C=O) groups excluding carboxylic acids is 1. The third-order valence-corrected chi connectivity index (χ3v) is 3.49. The summed E-state index contributed by atoms with van der Waals surface area (Å²) in [6.07, 6.45) is 1.16. The monoisotopic (exact) mass is 272 g/mol. The average Bonchev–Trinajstić information content (AvgIpc) is 2.71. The lowest BCUT2D eigenvalue weighted by atomic mass is 10.3. The summed E-state index contributed by atoms with van der Waals surface area (Å²) in [4.78, 5) is 17.9. The minimum atomic E-state index is -0.262. The van der Waals surface area contributed by atoms with Crippen molar-refractivity contribution in [3.05, 3.63) is 4.88 Å². The first-order valence-corrected chi connectivity index (χ1v) is 6.56. The Morgan fingerprint density at radius 2 is 2.28 bits per heavy atom. The predicted octanol–water partition coefficient (Wildman–Crippen LogP) is 0.573. The summed E-state index contributed by atoms with van der Waals surface area (Å²) in [5.74, 6) is 0.396. The van der Waals surface area contributed by atoms with Gasteiger partial charge in [0.1, 0.15) is 0 Å². The molecule has 0 unspecified atom stereocenters. The lowest BCUT2D eigenvalue weighted by Gasteiger charge is -2.05. The van der Waals surface area contributed by atoms with E-state index in [1.165, 1.54) is 0 Å². The highest BCUT2D eigenvalue weighted by atomic mass is 32.1. The normalized spacial score (nSPS) is 10.4. The van der Waals surface area contributed by atoms with Gasteiger partial charge in [-0.05, 0) is 13.0 Å². The number of thiazole rings is 1. The third-order valence-electron chi connectivity index (χ3n) is 2.29. The van der Waals surface area contributed by atoms with E-state index in [2.05, 4.69) is 10.3 Å². The molecule has 0 atom stereocenters. The van der Waals surface area contributed by atoms with Gasteiger partial charge in [-0.25, -0.2) is 0 Å². The van der Waals surface area contributed by atoms with E-state index in [1.54, 1.807) is 18.4 Å². The summed E-state index contributed by atoms with van der Waals surface area (Å²) in [7, 11) is 5.51. The van der Waals surface area contributed by atoms with Crippen LogP contribution in [0.3, 0.4) is 0 Å². The lowest BCUT2D eigenvalue weighted by molar-refractivity contribution is -0.118. The van der Waals surface area contributed by atoms with Gasteiger partial charge in [-0.1, -0.05) is 11.3 Å². The predicted molar refractivity (Wildman–Crippen MR) is 73.1 cm³/mol. The molecule has 0 saturated carbocycles. The zero-order chi connectivity index (χ0) is 13.5. The molecule has 0 aromatic carbocycles. The van der Waals surface area contributed by atoms with E-state index < -0.39 is 0 Å². The number of methoxy groups -OCH3 is 1. The number of nitrogens with two attached hydrogens (primary N) is 1. The second-order valence-corrected chi connectivity index (χ2v) is 5.13. The standard InChI is InChI=1S/C11H20N4O2S/c1-15(2)11-14-10(17-3)8(18-11)7-13-6-4-5-9(12)16/h13H,4-7H2,1-3H3,(H2,12,16). The maximum absolute atomic E-state index is 10.6. The number of ether oxygens (including phenoxy) is 1. The van der Waals surface area contributed by atoms with Crippen LogP contribution in [0.1, 0.15) is 17.7 Å². The Morgan fingerprint density at radius 1 is 1.56 bits per heavy atom. The highest BCUT2D eigenvalue weighted by Crippen LogP contribution is 2.30. The number of amides is 1. The fourth-order valence-corrected chi connectivity index (χ4v) is 2.30. The quantitative estimate of drug-likeness (QED) is 0.676. The van der Waals surface area contributed by atoms with Crippen LogP contribution in [0.15, 0.2) is 0 Å². The molecule has 102 valence electrons. The molecule has 0 bridgehead atoms. The molecule has 0 radical (unpaired) electrons. The van der Waals surface area contributed by atoms with E-state index in [4.69, 9.17) is 10.5 Å². The zero-order valence-corrected chi connectivity index (χ0v) is 11.8. The summed E-state index contributed by atoms with van der Waals surface area (Å²) < 4.78 is 5.23. The van der Waals surface area contributed by atoms with Crippen molar-refractivity contribution >= 4 is 22.4 Å². The second kappa shape index (κ2) is 7.17. The number of carbonyl (C=O) groups is 1. The molecule has 7 heteroatoms. The molecule has 6 nitrogen and oxygen atoms in total. The van der Waals surface area contributed by atoms with Crippen LogP contribution in [0.5, 0.6) is 5.88 Å². The first-order valence-electron chi connectivity index (χ1n) is 5.74. The number of primary amides is 1. The molecule has 1 heterocycles. The maximum Gasteiger partial charge on any atom is 0.230 e. The molecule has 0 aliphatic carbocycles. The van der Waals surface area contributed by atoms with Crippen molar-refractivity contribution in [2.24, 2.45) is 5.73 Å². The van der Waals surface area contributed by atoms with Crippen LogP contribution in [0, 0.1) is 0 Å². The molecule has 1 rings (SSSR count). The number of hydrogen-bond donors (Lipinski definition) is 2. The maximum atomic E-state index is 10.6. The van der Waals surface area contributed by atoms with Gasteiger partial charge in [0, 0.05) is 27.1 Å². The summed E-state index contributed by atoms with van der Waals surface area (Å²) in [5.41, 5.74) is 5.07. The van der Waals surface area contributed by atoms with Gasteiger partial charge in [0.25, 0.3) is 0 Å². The minimum Gasteiger partial charge on any atom is -0.480 e. The van der Waals surface area contributed by atoms with Crippen molar-refractivity contribution in [2.75, 3.05) is 32.6 Å². The van der Waals surface area contributed by atoms with Crippen molar-refractivity contribution in [3.63, 3.8) is 0 Å². The van der Waals surface area contributed by atoms with Gasteiger partial charge in [0.15, 0.2) is 5.13 Å². The number of aromatic nitrogens is 1. The molecule has 0 saturated heterocycles. The highest BCUT2D eigenvalue weighted by Gasteiger charge is 2.12. The first-order chi connectivity index (χ1) is 8.54. The van der Waals surface area contributed by atoms with E-state index in [9.17, 15) is 4.79 Å². The van der Waals surface area contributed by atoms with E-state index in [0.717, 1.165) is 23.0 Å². The van der Waals surface area contributed by atoms with Crippen molar-refractivity contribution in [3.8, 4) is 5.88 Å². The molecule has 0 aliphatic rings. The van der Waals surface area contributed by atoms with E-state index in [0.29, 0.717) is 18.8 Å². The molecule has 0 fully saturated rings. The SMILES string of the molecule is COc1nc(N(C)C)sc1CNCCCC(N)=O. The third kappa shape index (κ3) is 4.50. The summed E-state index contributed by atoms with van der Waals surface area (Å²) in [5, 5.41) is 4.17. The number of anilines is 1. The van der Waals surface area contributed by atoms with Gasteiger partial charge >= 0.3 is 0 Å². The van der Waals surface area contributed by atoms with Crippen LogP contribution in [0.4, 0.5) is 5.13 Å². The van der Waals surface area contributed by atoms with E-state index in [1.807, 2.05) is 19.0 Å². The Kier molecular flexibility index (Phi) is 5.87. The molecule has 3 N–H and O–H groups in total. The molecule has 0 spiro atoms. The fourth-order valence-electron chi connectivity index (χ4n) is 1.38. The van der Waals surface area contributed by atoms with Crippen molar-refractivity contribution in [2.45, 2.75) is 19.4 Å². The van der Waals surface area contributed by atoms with Gasteiger partial charge in [0.05, 0.1) is 12.0 Å². The summed E-state index contributed by atoms with van der Waals surface area (Å²) in [6.45, 7) is 1.44. The largest absolute Gasteiger partial charge is 0.480 e. The Bertz CT molecular complexity index is 392. The highest BCUT2D eigenvalue weighted by molar-refractivity contribution is 7.15. The summed E-state index contributed by atoms with van der Waals surface area (Å²) >= 11 is 1.59. The van der Waals surface area contributed by atoms with Gasteiger partial charge in [-0.2, -0.15) is 4.98 Å². The van der Waals surface area contributed by atoms with E-state index >= 15 is 0 Å². The van der Waals surface area contributed by atoms with Crippen LogP contribution in [-0.2, 0) is 11.3 Å². The average molecular weight is 272 g/mol. The van der Waals surface area contributed by atoms with Crippen LogP contribution in [-0.4, -0.2) is 38.6 Å². The van der Waals surface area contributed by atoms with Crippen LogP contribution in [0.25, 0.3) is 0 Å². The Hall–Kier alpha value is -1.34. The molecule has 0 aliphatic heterocycles. The fraction of sp³-hybridized carbons (Fsp3) is 0.636. The first kappa shape index (κ1) is 14.7. The Balaban J connectivity index is 2.43. The topological polar surface area (TPSA) is 80.5 Å². The van der Waals surface area contributed by atoms with Crippen LogP contribution < -0.4 is 20.7 Å². The molecule has 1 aromatic rings. The number of hydrogen-bond acceptors (Lipinski definition) is 6. The van der Waals surface area contributed by atoms with Gasteiger partial charge in [-0.3, -0.25) is 4.79 Å². The Morgan fingerprint density at radius 3 is 2.83 bits per heavy atom. The number of nitrogens with one attached hydrogen (secondary N) is 1. The van der Waals surface area contributed by atoms with Gasteiger partial charge < -0.3 is 20.7 Å². The van der Waals surface area contributed by atoms with Crippen molar-refractivity contribution in [1.82, 2.24) is 10.3 Å². The second-order valence-electron chi connectivity index (χ2n) is 4.07. The summed E-state index contributed by atoms with van der Waals surface area (Å²) in [6, 6.07) is 0. The van der Waals surface area contributed by atoms with Crippen molar-refractivity contribution in [1.29, 1.82) is 0 Å². The molecule has 1 aromatic heterocycles. The molecule has 1 amide bonds. The molecule has 18 heavy (non-hydrogen) atoms. The van der Waals surface area contributed by atoms with Crippen molar-refractivity contribution < 1.29 is 9.53 Å². The van der Waals surface area contributed by atoms with Crippen LogP contribution in [0.2, 0.25) is 0 Å². The smallest absolute Gasteiger partial charge is 0.230 e. The molecular weight excluding hydrogens is 252 g/mol. The van der Waals surface area contributed by atoms with Gasteiger partial charge in [0.2, 0.25) is 11.8 Å². The zero-order valence-electron chi connectivity index (χ0n) is 11.0. The number of rotatable bonds is 8. The molecular formula is C11H20N4O2S. The minimum absolute atomic E-state index is 0.262. The van der Waals surface area contributed by atoms with E-state index in [-0.39, 0.29) is 5.91 Å².